The first-order chi connectivity index (χ1) is 6.16. The molecule has 1 rings (SSSR count). The van der Waals surface area contributed by atoms with Crippen LogP contribution in [-0.4, -0.2) is 22.9 Å². The Morgan fingerprint density at radius 1 is 1.46 bits per heavy atom. The van der Waals surface area contributed by atoms with Crippen molar-refractivity contribution in [3.05, 3.63) is 12.2 Å². The molecule has 0 spiro atoms. The van der Waals surface area contributed by atoms with Gasteiger partial charge in [0.15, 0.2) is 0 Å². The van der Waals surface area contributed by atoms with Crippen molar-refractivity contribution in [1.82, 2.24) is 0 Å². The van der Waals surface area contributed by atoms with Gasteiger partial charge in [0.05, 0.1) is 12.7 Å². The quantitative estimate of drug-likeness (QED) is 0.656. The molecule has 0 heterocycles. The maximum atomic E-state index is 9.85. The van der Waals surface area contributed by atoms with Crippen LogP contribution in [0.25, 0.3) is 0 Å². The molecule has 3 unspecified atom stereocenters. The highest BCUT2D eigenvalue weighted by Crippen LogP contribution is 2.33. The van der Waals surface area contributed by atoms with Crippen LogP contribution in [0.5, 0.6) is 0 Å². The molecular formula is C11H20O2. The molecule has 2 nitrogen and oxygen atoms in total. The molecule has 0 radical (unpaired) electrons. The van der Waals surface area contributed by atoms with Gasteiger partial charge in [-0.3, -0.25) is 0 Å². The minimum atomic E-state index is -0.500. The lowest BCUT2D eigenvalue weighted by Crippen LogP contribution is -2.31. The Morgan fingerprint density at radius 2 is 2.08 bits per heavy atom. The molecule has 0 bridgehead atoms. The smallest absolute Gasteiger partial charge is 0.0800 e. The number of hydrogen-bond donors (Lipinski definition) is 2. The second kappa shape index (κ2) is 4.77. The summed E-state index contributed by atoms with van der Waals surface area (Å²) in [6.07, 6.45) is 4.24. The number of aliphatic hydroxyl groups excluding tert-OH is 2. The van der Waals surface area contributed by atoms with Gasteiger partial charge in [-0.05, 0) is 23.8 Å². The van der Waals surface area contributed by atoms with Gasteiger partial charge in [0, 0.05) is 0 Å². The highest BCUT2D eigenvalue weighted by atomic mass is 16.3. The molecule has 1 fully saturated rings. The maximum absolute atomic E-state index is 9.85. The van der Waals surface area contributed by atoms with Crippen LogP contribution in [0.15, 0.2) is 12.2 Å². The highest BCUT2D eigenvalue weighted by Gasteiger charge is 2.28. The molecule has 1 saturated carbocycles. The van der Waals surface area contributed by atoms with E-state index in [2.05, 4.69) is 13.5 Å². The zero-order chi connectivity index (χ0) is 9.84. The lowest BCUT2D eigenvalue weighted by atomic mass is 9.76. The van der Waals surface area contributed by atoms with E-state index < -0.39 is 6.10 Å². The van der Waals surface area contributed by atoms with Crippen LogP contribution in [0.4, 0.5) is 0 Å². The van der Waals surface area contributed by atoms with Gasteiger partial charge < -0.3 is 10.2 Å². The fourth-order valence-electron chi connectivity index (χ4n) is 2.21. The van der Waals surface area contributed by atoms with Gasteiger partial charge in [0.25, 0.3) is 0 Å². The molecule has 1 aliphatic rings. The molecule has 0 aromatic rings. The summed E-state index contributed by atoms with van der Waals surface area (Å²) >= 11 is 0. The lowest BCUT2D eigenvalue weighted by molar-refractivity contribution is 0.0719. The van der Waals surface area contributed by atoms with Crippen molar-refractivity contribution in [3.8, 4) is 0 Å². The number of aliphatic hydroxyl groups is 2. The Kier molecular flexibility index (Phi) is 3.94. The van der Waals surface area contributed by atoms with Crippen LogP contribution in [0.3, 0.4) is 0 Å². The molecule has 76 valence electrons. The maximum Gasteiger partial charge on any atom is 0.0800 e. The van der Waals surface area contributed by atoms with Gasteiger partial charge in [0.1, 0.15) is 0 Å². The van der Waals surface area contributed by atoms with Gasteiger partial charge in [-0.2, -0.15) is 0 Å². The average Bonchev–Trinajstić information content (AvgIpc) is 2.16. The van der Waals surface area contributed by atoms with Gasteiger partial charge in [-0.25, -0.2) is 0 Å². The van der Waals surface area contributed by atoms with E-state index in [0.29, 0.717) is 17.4 Å². The van der Waals surface area contributed by atoms with Crippen molar-refractivity contribution in [2.75, 3.05) is 6.61 Å². The largest absolute Gasteiger partial charge is 0.392 e. The minimum absolute atomic E-state index is 0.0929. The third-order valence-electron chi connectivity index (χ3n) is 3.20. The first kappa shape index (κ1) is 10.7. The van der Waals surface area contributed by atoms with E-state index >= 15 is 0 Å². The SMILES string of the molecule is C=C(CO)C(O)C1CCCCC1C. The predicted octanol–water partition coefficient (Wildman–Crippen LogP) is 1.72. The first-order valence-electron chi connectivity index (χ1n) is 5.13. The summed E-state index contributed by atoms with van der Waals surface area (Å²) in [5.74, 6) is 0.875. The third kappa shape index (κ3) is 2.55. The molecule has 0 aromatic heterocycles. The summed E-state index contributed by atoms with van der Waals surface area (Å²) in [6, 6.07) is 0. The van der Waals surface area contributed by atoms with Crippen LogP contribution in [0, 0.1) is 11.8 Å². The lowest BCUT2D eigenvalue weighted by Gasteiger charge is -2.33. The van der Waals surface area contributed by atoms with Crippen LogP contribution in [-0.2, 0) is 0 Å². The Morgan fingerprint density at radius 3 is 2.62 bits per heavy atom. The van der Waals surface area contributed by atoms with E-state index in [1.807, 2.05) is 0 Å². The molecule has 1 aliphatic carbocycles. The molecule has 3 atom stereocenters. The molecular weight excluding hydrogens is 164 g/mol. The zero-order valence-corrected chi connectivity index (χ0v) is 8.37. The van der Waals surface area contributed by atoms with E-state index in [4.69, 9.17) is 5.11 Å². The van der Waals surface area contributed by atoms with Crippen LogP contribution in [0.1, 0.15) is 32.6 Å². The Balaban J connectivity index is 2.53. The molecule has 0 aromatic carbocycles. The van der Waals surface area contributed by atoms with Crippen molar-refractivity contribution in [2.24, 2.45) is 11.8 Å². The van der Waals surface area contributed by atoms with E-state index in [1.165, 1.54) is 19.3 Å². The van der Waals surface area contributed by atoms with Crippen molar-refractivity contribution in [1.29, 1.82) is 0 Å². The molecule has 0 saturated heterocycles. The van der Waals surface area contributed by atoms with Crippen molar-refractivity contribution < 1.29 is 10.2 Å². The van der Waals surface area contributed by atoms with E-state index in [0.717, 1.165) is 6.42 Å². The molecule has 2 heteroatoms. The molecule has 0 aliphatic heterocycles. The van der Waals surface area contributed by atoms with Crippen LogP contribution < -0.4 is 0 Å². The van der Waals surface area contributed by atoms with Gasteiger partial charge in [-0.1, -0.05) is 32.8 Å². The first-order valence-corrected chi connectivity index (χ1v) is 5.13. The van der Waals surface area contributed by atoms with Gasteiger partial charge >= 0.3 is 0 Å². The number of rotatable bonds is 3. The summed E-state index contributed by atoms with van der Waals surface area (Å²) in [7, 11) is 0. The highest BCUT2D eigenvalue weighted by molar-refractivity contribution is 5.05. The average molecular weight is 184 g/mol. The topological polar surface area (TPSA) is 40.5 Å². The van der Waals surface area contributed by atoms with Crippen LogP contribution in [0.2, 0.25) is 0 Å². The van der Waals surface area contributed by atoms with Gasteiger partial charge in [0.2, 0.25) is 0 Å². The zero-order valence-electron chi connectivity index (χ0n) is 8.37. The Bertz CT molecular complexity index is 177. The Labute approximate surface area is 80.3 Å². The van der Waals surface area contributed by atoms with E-state index in [1.54, 1.807) is 0 Å². The van der Waals surface area contributed by atoms with Crippen LogP contribution >= 0.6 is 0 Å². The summed E-state index contributed by atoms with van der Waals surface area (Å²) in [5.41, 5.74) is 0.568. The van der Waals surface area contributed by atoms with Gasteiger partial charge in [-0.15, -0.1) is 0 Å². The van der Waals surface area contributed by atoms with Crippen molar-refractivity contribution in [3.63, 3.8) is 0 Å². The van der Waals surface area contributed by atoms with Crippen molar-refractivity contribution in [2.45, 2.75) is 38.7 Å². The second-order valence-corrected chi connectivity index (χ2v) is 4.19. The van der Waals surface area contributed by atoms with E-state index in [9.17, 15) is 5.11 Å². The summed E-state index contributed by atoms with van der Waals surface area (Å²) in [6.45, 7) is 5.77. The summed E-state index contributed by atoms with van der Waals surface area (Å²) < 4.78 is 0. The van der Waals surface area contributed by atoms with E-state index in [-0.39, 0.29) is 6.61 Å². The fraction of sp³-hybridized carbons (Fsp3) is 0.818. The molecule has 13 heavy (non-hydrogen) atoms. The second-order valence-electron chi connectivity index (χ2n) is 4.19. The van der Waals surface area contributed by atoms with Crippen molar-refractivity contribution >= 4 is 0 Å². The predicted molar refractivity (Wildman–Crippen MR) is 53.4 cm³/mol. The summed E-state index contributed by atoms with van der Waals surface area (Å²) in [4.78, 5) is 0. The normalized spacial score (nSPS) is 31.3. The molecule has 0 amide bonds. The standard InChI is InChI=1S/C11H20O2/c1-8-5-3-4-6-10(8)11(13)9(2)7-12/h8,10-13H,2-7H2,1H3. The monoisotopic (exact) mass is 184 g/mol. The number of hydrogen-bond acceptors (Lipinski definition) is 2. The third-order valence-corrected chi connectivity index (χ3v) is 3.20. The fourth-order valence-corrected chi connectivity index (χ4v) is 2.21. The Hall–Kier alpha value is -0.340. The minimum Gasteiger partial charge on any atom is -0.392 e. The summed E-state index contributed by atoms with van der Waals surface area (Å²) in [5, 5.41) is 18.7. The molecule has 2 N–H and O–H groups in total.